The molecule has 0 aromatic heterocycles. The van der Waals surface area contributed by atoms with Crippen LogP contribution in [0.15, 0.2) is 78.9 Å². The first-order valence-electron chi connectivity index (χ1n) is 12.4. The molecular formula is C29H31ClFN3O3. The van der Waals surface area contributed by atoms with Crippen LogP contribution in [0.3, 0.4) is 0 Å². The van der Waals surface area contributed by atoms with Gasteiger partial charge in [-0.25, -0.2) is 4.39 Å². The van der Waals surface area contributed by atoms with Crippen molar-refractivity contribution in [3.63, 3.8) is 0 Å². The van der Waals surface area contributed by atoms with Gasteiger partial charge in [-0.15, -0.1) is 0 Å². The van der Waals surface area contributed by atoms with Gasteiger partial charge >= 0.3 is 0 Å². The number of halogens is 2. The molecular weight excluding hydrogens is 493 g/mol. The summed E-state index contributed by atoms with van der Waals surface area (Å²) in [7, 11) is 0. The Morgan fingerprint density at radius 3 is 2.27 bits per heavy atom. The van der Waals surface area contributed by atoms with E-state index < -0.39 is 6.04 Å². The Bertz CT molecular complexity index is 1150. The molecule has 2 amide bonds. The van der Waals surface area contributed by atoms with Crippen molar-refractivity contribution in [2.45, 2.75) is 19.0 Å². The van der Waals surface area contributed by atoms with Gasteiger partial charge in [0.05, 0.1) is 19.6 Å². The largest absolute Gasteiger partial charge is 0.379 e. The standard InChI is InChI=1S/C29H31ClFN3O3/c30-25-10-6-22(7-11-25)20-27(35)34(21-23-8-12-26(31)13-9-23)28(24-4-2-1-3-5-24)29(36)32-14-15-33-16-18-37-19-17-33/h1-13,28H,14-21H2,(H,32,36)/t28-/m1/s1. The van der Waals surface area contributed by atoms with Gasteiger partial charge in [0.2, 0.25) is 11.8 Å². The lowest BCUT2D eigenvalue weighted by Crippen LogP contribution is -2.46. The molecule has 1 aliphatic heterocycles. The second-order valence-corrected chi connectivity index (χ2v) is 9.45. The Kier molecular flexibility index (Phi) is 9.65. The lowest BCUT2D eigenvalue weighted by Gasteiger charge is -2.32. The quantitative estimate of drug-likeness (QED) is 0.432. The van der Waals surface area contributed by atoms with Crippen molar-refractivity contribution < 1.29 is 18.7 Å². The van der Waals surface area contributed by atoms with Crippen molar-refractivity contribution in [2.75, 3.05) is 39.4 Å². The van der Waals surface area contributed by atoms with Crippen LogP contribution < -0.4 is 5.32 Å². The molecule has 8 heteroatoms. The molecule has 6 nitrogen and oxygen atoms in total. The maximum absolute atomic E-state index is 13.7. The molecule has 1 N–H and O–H groups in total. The van der Waals surface area contributed by atoms with Crippen LogP contribution in [0.5, 0.6) is 0 Å². The molecule has 0 aliphatic carbocycles. The molecule has 0 bridgehead atoms. The van der Waals surface area contributed by atoms with E-state index in [0.717, 1.165) is 24.2 Å². The van der Waals surface area contributed by atoms with E-state index in [1.54, 1.807) is 41.3 Å². The van der Waals surface area contributed by atoms with Gasteiger partial charge in [0.1, 0.15) is 11.9 Å². The Labute approximate surface area is 222 Å². The van der Waals surface area contributed by atoms with Crippen molar-refractivity contribution >= 4 is 23.4 Å². The SMILES string of the molecule is O=C(NCCN1CCOCC1)[C@@H](c1ccccc1)N(Cc1ccc(F)cc1)C(=O)Cc1ccc(Cl)cc1. The molecule has 194 valence electrons. The van der Waals surface area contributed by atoms with Crippen LogP contribution in [0.4, 0.5) is 4.39 Å². The summed E-state index contributed by atoms with van der Waals surface area (Å²) in [6, 6.07) is 21.5. The van der Waals surface area contributed by atoms with Crippen molar-refractivity contribution in [3.05, 3.63) is 106 Å². The van der Waals surface area contributed by atoms with Gasteiger partial charge in [0.15, 0.2) is 0 Å². The summed E-state index contributed by atoms with van der Waals surface area (Å²) >= 11 is 6.02. The minimum Gasteiger partial charge on any atom is -0.379 e. The predicted octanol–water partition coefficient (Wildman–Crippen LogP) is 4.24. The number of amides is 2. The number of ether oxygens (including phenoxy) is 1. The van der Waals surface area contributed by atoms with E-state index >= 15 is 0 Å². The van der Waals surface area contributed by atoms with E-state index in [-0.39, 0.29) is 30.6 Å². The van der Waals surface area contributed by atoms with Gasteiger partial charge in [-0.3, -0.25) is 14.5 Å². The third-order valence-corrected chi connectivity index (χ3v) is 6.61. The van der Waals surface area contributed by atoms with E-state index in [1.165, 1.54) is 12.1 Å². The lowest BCUT2D eigenvalue weighted by atomic mass is 10.0. The van der Waals surface area contributed by atoms with Crippen LogP contribution in [-0.4, -0.2) is 61.0 Å². The first-order chi connectivity index (χ1) is 18.0. The Morgan fingerprint density at radius 1 is 0.946 bits per heavy atom. The van der Waals surface area contributed by atoms with Crippen molar-refractivity contribution in [2.24, 2.45) is 0 Å². The number of morpholine rings is 1. The highest BCUT2D eigenvalue weighted by Gasteiger charge is 2.31. The van der Waals surface area contributed by atoms with Crippen LogP contribution in [0.1, 0.15) is 22.7 Å². The normalized spacial score (nSPS) is 14.6. The van der Waals surface area contributed by atoms with Crippen LogP contribution in [-0.2, 0) is 27.3 Å². The number of carbonyl (C=O) groups is 2. The molecule has 1 fully saturated rings. The van der Waals surface area contributed by atoms with Gasteiger partial charge in [-0.1, -0.05) is 66.2 Å². The van der Waals surface area contributed by atoms with Gasteiger partial charge in [0.25, 0.3) is 0 Å². The van der Waals surface area contributed by atoms with E-state index in [1.807, 2.05) is 30.3 Å². The minimum atomic E-state index is -0.851. The molecule has 1 aliphatic rings. The number of carbonyl (C=O) groups excluding carboxylic acids is 2. The van der Waals surface area contributed by atoms with E-state index in [9.17, 15) is 14.0 Å². The summed E-state index contributed by atoms with van der Waals surface area (Å²) in [5.41, 5.74) is 2.23. The first kappa shape index (κ1) is 26.8. The van der Waals surface area contributed by atoms with Gasteiger partial charge in [-0.05, 0) is 41.0 Å². The van der Waals surface area contributed by atoms with Crippen molar-refractivity contribution in [1.29, 1.82) is 0 Å². The fraction of sp³-hybridized carbons (Fsp3) is 0.310. The molecule has 0 saturated carbocycles. The summed E-state index contributed by atoms with van der Waals surface area (Å²) in [5, 5.41) is 3.62. The zero-order valence-corrected chi connectivity index (χ0v) is 21.4. The number of rotatable bonds is 10. The number of nitrogens with one attached hydrogen (secondary N) is 1. The van der Waals surface area contributed by atoms with Crippen LogP contribution in [0, 0.1) is 5.82 Å². The van der Waals surface area contributed by atoms with Crippen LogP contribution >= 0.6 is 11.6 Å². The summed E-state index contributed by atoms with van der Waals surface area (Å²) < 4.78 is 19.0. The average Bonchev–Trinajstić information content (AvgIpc) is 2.92. The minimum absolute atomic E-state index is 0.1000. The van der Waals surface area contributed by atoms with Crippen molar-refractivity contribution in [3.8, 4) is 0 Å². The fourth-order valence-electron chi connectivity index (χ4n) is 4.36. The Hall–Kier alpha value is -3.26. The molecule has 4 rings (SSSR count). The Morgan fingerprint density at radius 2 is 1.59 bits per heavy atom. The average molecular weight is 524 g/mol. The van der Waals surface area contributed by atoms with Crippen molar-refractivity contribution in [1.82, 2.24) is 15.1 Å². The molecule has 3 aromatic rings. The summed E-state index contributed by atoms with van der Waals surface area (Å²) in [4.78, 5) is 31.2. The second-order valence-electron chi connectivity index (χ2n) is 9.01. The third kappa shape index (κ3) is 7.86. The van der Waals surface area contributed by atoms with E-state index in [0.29, 0.717) is 36.9 Å². The highest BCUT2D eigenvalue weighted by atomic mass is 35.5. The fourth-order valence-corrected chi connectivity index (χ4v) is 4.48. The highest BCUT2D eigenvalue weighted by Crippen LogP contribution is 2.25. The summed E-state index contributed by atoms with van der Waals surface area (Å²) in [6.07, 6.45) is 0.1000. The molecule has 0 unspecified atom stereocenters. The smallest absolute Gasteiger partial charge is 0.247 e. The molecule has 0 radical (unpaired) electrons. The van der Waals surface area contributed by atoms with E-state index in [2.05, 4.69) is 10.2 Å². The number of hydrogen-bond acceptors (Lipinski definition) is 4. The number of nitrogens with zero attached hydrogens (tertiary/aromatic N) is 2. The monoisotopic (exact) mass is 523 g/mol. The molecule has 0 spiro atoms. The third-order valence-electron chi connectivity index (χ3n) is 6.36. The summed E-state index contributed by atoms with van der Waals surface area (Å²) in [6.45, 7) is 4.34. The van der Waals surface area contributed by atoms with Gasteiger partial charge in [0, 0.05) is 37.7 Å². The zero-order valence-electron chi connectivity index (χ0n) is 20.6. The maximum Gasteiger partial charge on any atom is 0.247 e. The second kappa shape index (κ2) is 13.3. The molecule has 37 heavy (non-hydrogen) atoms. The van der Waals surface area contributed by atoms with Gasteiger partial charge < -0.3 is 15.0 Å². The maximum atomic E-state index is 13.7. The summed E-state index contributed by atoms with van der Waals surface area (Å²) in [5.74, 6) is -0.835. The topological polar surface area (TPSA) is 61.9 Å². The Balaban J connectivity index is 1.59. The first-order valence-corrected chi connectivity index (χ1v) is 12.8. The molecule has 1 atom stereocenters. The highest BCUT2D eigenvalue weighted by molar-refractivity contribution is 6.30. The van der Waals surface area contributed by atoms with Crippen LogP contribution in [0.2, 0.25) is 5.02 Å². The predicted molar refractivity (Wildman–Crippen MR) is 142 cm³/mol. The van der Waals surface area contributed by atoms with Gasteiger partial charge in [-0.2, -0.15) is 0 Å². The molecule has 1 saturated heterocycles. The zero-order chi connectivity index (χ0) is 26.0. The number of benzene rings is 3. The van der Waals surface area contributed by atoms with E-state index in [4.69, 9.17) is 16.3 Å². The van der Waals surface area contributed by atoms with Crippen LogP contribution in [0.25, 0.3) is 0 Å². The lowest BCUT2D eigenvalue weighted by molar-refractivity contribution is -0.141. The number of hydrogen-bond donors (Lipinski definition) is 1. The molecule has 1 heterocycles. The molecule has 3 aromatic carbocycles.